The predicted molar refractivity (Wildman–Crippen MR) is 54.6 cm³/mol. The molecule has 8 nitrogen and oxygen atoms in total. The number of methoxy groups -OCH3 is 1. The number of β-amino-alcohol motifs (C(OH)–C–C–N with tert-alkyl or cyclic N) is 1. The van der Waals surface area contributed by atoms with Gasteiger partial charge in [0.1, 0.15) is 6.04 Å². The van der Waals surface area contributed by atoms with Crippen molar-refractivity contribution in [1.82, 2.24) is 4.31 Å². The van der Waals surface area contributed by atoms with Gasteiger partial charge in [-0.2, -0.15) is 4.31 Å². The Morgan fingerprint density at radius 3 is 2.53 bits per heavy atom. The Bertz CT molecular complexity index is 418. The maximum Gasteiger partial charge on any atom is 0.322 e. The van der Waals surface area contributed by atoms with Gasteiger partial charge in [-0.15, -0.1) is 0 Å². The first-order chi connectivity index (χ1) is 7.77. The summed E-state index contributed by atoms with van der Waals surface area (Å²) in [4.78, 5) is 21.7. The topological polar surface area (TPSA) is 121 Å². The molecule has 98 valence electrons. The quantitative estimate of drug-likeness (QED) is 0.565. The Labute approximate surface area is 97.8 Å². The minimum atomic E-state index is -4.08. The fourth-order valence-electron chi connectivity index (χ4n) is 1.61. The summed E-state index contributed by atoms with van der Waals surface area (Å²) in [7, 11) is -3.05. The van der Waals surface area contributed by atoms with Gasteiger partial charge in [-0.1, -0.05) is 0 Å². The summed E-state index contributed by atoms with van der Waals surface area (Å²) in [5.74, 6) is -3.26. The highest BCUT2D eigenvalue weighted by molar-refractivity contribution is 7.89. The first kappa shape index (κ1) is 13.9. The number of aliphatic carboxylic acids is 1. The molecule has 2 unspecified atom stereocenters. The van der Waals surface area contributed by atoms with Crippen LogP contribution in [0.1, 0.15) is 6.42 Å². The van der Waals surface area contributed by atoms with Crippen LogP contribution >= 0.6 is 0 Å². The van der Waals surface area contributed by atoms with Gasteiger partial charge >= 0.3 is 11.9 Å². The molecule has 0 spiro atoms. The molecule has 1 heterocycles. The van der Waals surface area contributed by atoms with Gasteiger partial charge in [-0.3, -0.25) is 9.59 Å². The summed E-state index contributed by atoms with van der Waals surface area (Å²) < 4.78 is 28.3. The molecule has 0 radical (unpaired) electrons. The van der Waals surface area contributed by atoms with Gasteiger partial charge in [0, 0.05) is 13.0 Å². The zero-order valence-corrected chi connectivity index (χ0v) is 9.88. The van der Waals surface area contributed by atoms with Crippen molar-refractivity contribution >= 4 is 22.0 Å². The SMILES string of the molecule is COC(=O)CS(=O)(=O)N1CC(O)CC1C(=O)O. The van der Waals surface area contributed by atoms with E-state index >= 15 is 0 Å². The van der Waals surface area contributed by atoms with Crippen molar-refractivity contribution in [2.24, 2.45) is 0 Å². The van der Waals surface area contributed by atoms with Crippen LogP contribution in [-0.4, -0.2) is 66.4 Å². The highest BCUT2D eigenvalue weighted by atomic mass is 32.2. The van der Waals surface area contributed by atoms with Crippen LogP contribution in [0.15, 0.2) is 0 Å². The highest BCUT2D eigenvalue weighted by Crippen LogP contribution is 2.22. The van der Waals surface area contributed by atoms with Gasteiger partial charge < -0.3 is 14.9 Å². The summed E-state index contributed by atoms with van der Waals surface area (Å²) in [6, 6.07) is -1.33. The van der Waals surface area contributed by atoms with Crippen LogP contribution in [0.3, 0.4) is 0 Å². The van der Waals surface area contributed by atoms with Crippen LogP contribution in [0.2, 0.25) is 0 Å². The molecule has 1 rings (SSSR count). The molecule has 0 aromatic carbocycles. The normalized spacial score (nSPS) is 25.8. The Balaban J connectivity index is 2.90. The lowest BCUT2D eigenvalue weighted by Gasteiger charge is -2.19. The van der Waals surface area contributed by atoms with Crippen LogP contribution in [0.5, 0.6) is 0 Å². The minimum Gasteiger partial charge on any atom is -0.480 e. The number of ether oxygens (including phenoxy) is 1. The summed E-state index contributed by atoms with van der Waals surface area (Å²) in [5, 5.41) is 18.1. The molecular formula is C8H13NO7S. The van der Waals surface area contributed by atoms with Gasteiger partial charge in [-0.05, 0) is 0 Å². The summed E-state index contributed by atoms with van der Waals surface area (Å²) in [6.07, 6.45) is -1.22. The molecule has 9 heteroatoms. The molecule has 1 fully saturated rings. The highest BCUT2D eigenvalue weighted by Gasteiger charge is 2.43. The second-order valence-electron chi connectivity index (χ2n) is 3.65. The molecule has 17 heavy (non-hydrogen) atoms. The van der Waals surface area contributed by atoms with E-state index in [0.717, 1.165) is 7.11 Å². The third kappa shape index (κ3) is 3.14. The van der Waals surface area contributed by atoms with Crippen LogP contribution in [-0.2, 0) is 24.3 Å². The average Bonchev–Trinajstić information content (AvgIpc) is 2.60. The number of hydrogen-bond acceptors (Lipinski definition) is 6. The average molecular weight is 267 g/mol. The van der Waals surface area contributed by atoms with E-state index in [1.165, 1.54) is 0 Å². The van der Waals surface area contributed by atoms with Crippen molar-refractivity contribution in [2.45, 2.75) is 18.6 Å². The van der Waals surface area contributed by atoms with Crippen molar-refractivity contribution in [3.8, 4) is 0 Å². The molecule has 0 aromatic rings. The van der Waals surface area contributed by atoms with Gasteiger partial charge in [0.25, 0.3) is 0 Å². The Morgan fingerprint density at radius 2 is 2.06 bits per heavy atom. The van der Waals surface area contributed by atoms with E-state index in [0.29, 0.717) is 4.31 Å². The molecule has 2 N–H and O–H groups in total. The van der Waals surface area contributed by atoms with E-state index in [2.05, 4.69) is 4.74 Å². The van der Waals surface area contributed by atoms with Crippen molar-refractivity contribution in [3.63, 3.8) is 0 Å². The van der Waals surface area contributed by atoms with Gasteiger partial charge in [0.2, 0.25) is 10.0 Å². The van der Waals surface area contributed by atoms with E-state index in [4.69, 9.17) is 5.11 Å². The number of carboxylic acids is 1. The lowest BCUT2D eigenvalue weighted by molar-refractivity contribution is -0.141. The molecule has 0 bridgehead atoms. The Morgan fingerprint density at radius 1 is 1.47 bits per heavy atom. The van der Waals surface area contributed by atoms with E-state index in [9.17, 15) is 23.1 Å². The number of carbonyl (C=O) groups excluding carboxylic acids is 1. The van der Waals surface area contributed by atoms with Gasteiger partial charge in [-0.25, -0.2) is 8.42 Å². The molecule has 1 saturated heterocycles. The lowest BCUT2D eigenvalue weighted by atomic mass is 10.2. The number of carboxylic acid groups (broad SMARTS) is 1. The van der Waals surface area contributed by atoms with Crippen LogP contribution in [0.4, 0.5) is 0 Å². The molecule has 2 atom stereocenters. The Kier molecular flexibility index (Phi) is 4.07. The lowest BCUT2D eigenvalue weighted by Crippen LogP contribution is -2.43. The van der Waals surface area contributed by atoms with Gasteiger partial charge in [0.05, 0.1) is 13.2 Å². The third-order valence-corrected chi connectivity index (χ3v) is 4.12. The molecular weight excluding hydrogens is 254 g/mol. The van der Waals surface area contributed by atoms with Crippen LogP contribution in [0, 0.1) is 0 Å². The largest absolute Gasteiger partial charge is 0.480 e. The second-order valence-corrected chi connectivity index (χ2v) is 5.57. The molecule has 0 amide bonds. The summed E-state index contributed by atoms with van der Waals surface area (Å²) >= 11 is 0. The number of sulfonamides is 1. The first-order valence-electron chi connectivity index (χ1n) is 4.75. The summed E-state index contributed by atoms with van der Waals surface area (Å²) in [6.45, 7) is -0.323. The van der Waals surface area contributed by atoms with Crippen molar-refractivity contribution in [1.29, 1.82) is 0 Å². The van der Waals surface area contributed by atoms with Crippen molar-refractivity contribution in [3.05, 3.63) is 0 Å². The minimum absolute atomic E-state index is 0.185. The number of esters is 1. The van der Waals surface area contributed by atoms with Crippen molar-refractivity contribution in [2.75, 3.05) is 19.4 Å². The number of carbonyl (C=O) groups is 2. The standard InChI is InChI=1S/C8H13NO7S/c1-16-7(11)4-17(14,15)9-3-5(10)2-6(9)8(12)13/h5-6,10H,2-4H2,1H3,(H,12,13). The van der Waals surface area contributed by atoms with Crippen LogP contribution in [0.25, 0.3) is 0 Å². The first-order valence-corrected chi connectivity index (χ1v) is 6.36. The monoisotopic (exact) mass is 267 g/mol. The second kappa shape index (κ2) is 4.98. The molecule has 0 aliphatic carbocycles. The fraction of sp³-hybridized carbons (Fsp3) is 0.750. The Hall–Kier alpha value is -1.19. The molecule has 1 aliphatic rings. The third-order valence-electron chi connectivity index (χ3n) is 2.40. The predicted octanol–water partition coefficient (Wildman–Crippen LogP) is -1.99. The smallest absolute Gasteiger partial charge is 0.322 e. The van der Waals surface area contributed by atoms with E-state index in [1.807, 2.05) is 0 Å². The molecule has 0 saturated carbocycles. The number of hydrogen-bond donors (Lipinski definition) is 2. The van der Waals surface area contributed by atoms with E-state index in [1.54, 1.807) is 0 Å². The number of aliphatic hydroxyl groups excluding tert-OH is 1. The number of rotatable bonds is 4. The number of aliphatic hydroxyl groups is 1. The zero-order chi connectivity index (χ0) is 13.2. The maximum absolute atomic E-state index is 11.7. The van der Waals surface area contributed by atoms with Crippen molar-refractivity contribution < 1.29 is 33.0 Å². The van der Waals surface area contributed by atoms with E-state index in [-0.39, 0.29) is 13.0 Å². The van der Waals surface area contributed by atoms with E-state index < -0.39 is 39.9 Å². The maximum atomic E-state index is 11.7. The van der Waals surface area contributed by atoms with Gasteiger partial charge in [0.15, 0.2) is 5.75 Å². The summed E-state index contributed by atoms with van der Waals surface area (Å²) in [5.41, 5.74) is 0. The zero-order valence-electron chi connectivity index (χ0n) is 9.07. The number of nitrogens with zero attached hydrogens (tertiary/aromatic N) is 1. The fourth-order valence-corrected chi connectivity index (χ4v) is 3.15. The van der Waals surface area contributed by atoms with Crippen LogP contribution < -0.4 is 0 Å². The molecule has 0 aromatic heterocycles. The molecule has 1 aliphatic heterocycles.